The highest BCUT2D eigenvalue weighted by atomic mass is 32.2. The Balaban J connectivity index is 1.57. The van der Waals surface area contributed by atoms with Crippen LogP contribution in [-0.2, 0) is 5.75 Å². The smallest absolute Gasteiger partial charge is 0.171 e. The van der Waals surface area contributed by atoms with Crippen molar-refractivity contribution in [1.29, 1.82) is 0 Å². The Morgan fingerprint density at radius 1 is 1.17 bits per heavy atom. The Morgan fingerprint density at radius 2 is 2.00 bits per heavy atom. The lowest BCUT2D eigenvalue weighted by molar-refractivity contribution is 0.854. The fourth-order valence-electron chi connectivity index (χ4n) is 2.14. The lowest BCUT2D eigenvalue weighted by Crippen LogP contribution is -2.29. The van der Waals surface area contributed by atoms with E-state index in [0.29, 0.717) is 5.11 Å². The van der Waals surface area contributed by atoms with Gasteiger partial charge in [-0.3, -0.25) is 0 Å². The van der Waals surface area contributed by atoms with Gasteiger partial charge in [-0.25, -0.2) is 4.98 Å². The number of benzene rings is 1. The molecule has 1 aromatic carbocycles. The van der Waals surface area contributed by atoms with Crippen molar-refractivity contribution in [1.82, 2.24) is 10.3 Å². The number of pyridine rings is 1. The van der Waals surface area contributed by atoms with Gasteiger partial charge in [0.2, 0.25) is 0 Å². The van der Waals surface area contributed by atoms with E-state index in [1.165, 1.54) is 11.1 Å². The first-order chi connectivity index (χ1) is 11.1. The van der Waals surface area contributed by atoms with Crippen LogP contribution in [0.2, 0.25) is 0 Å². The molecule has 5 heteroatoms. The number of thiocarbonyl (C=S) groups is 1. The molecule has 0 aliphatic heterocycles. The first-order valence-corrected chi connectivity index (χ1v) is 9.31. The first kappa shape index (κ1) is 17.8. The predicted octanol–water partition coefficient (Wildman–Crippen LogP) is 4.31. The summed E-state index contributed by atoms with van der Waals surface area (Å²) in [5, 5.41) is 6.96. The highest BCUT2D eigenvalue weighted by Gasteiger charge is 1.99. The number of nitrogens with zero attached hydrogens (tertiary/aromatic N) is 1. The Hall–Kier alpha value is -1.59. The number of rotatable bonds is 7. The van der Waals surface area contributed by atoms with Crippen LogP contribution < -0.4 is 10.6 Å². The molecule has 1 aromatic heterocycles. The van der Waals surface area contributed by atoms with Gasteiger partial charge in [0, 0.05) is 18.0 Å². The van der Waals surface area contributed by atoms with Crippen LogP contribution in [0.5, 0.6) is 0 Å². The highest BCUT2D eigenvalue weighted by molar-refractivity contribution is 7.98. The molecular weight excluding hydrogens is 322 g/mol. The van der Waals surface area contributed by atoms with Crippen LogP contribution >= 0.6 is 24.0 Å². The minimum atomic E-state index is 0.631. The molecule has 0 radical (unpaired) electrons. The molecule has 1 heterocycles. The topological polar surface area (TPSA) is 37.0 Å². The zero-order valence-electron chi connectivity index (χ0n) is 13.6. The molecule has 0 unspecified atom stereocenters. The van der Waals surface area contributed by atoms with E-state index in [-0.39, 0.29) is 0 Å². The summed E-state index contributed by atoms with van der Waals surface area (Å²) < 4.78 is 0. The van der Waals surface area contributed by atoms with Crippen molar-refractivity contribution in [3.63, 3.8) is 0 Å². The van der Waals surface area contributed by atoms with Gasteiger partial charge >= 0.3 is 0 Å². The molecule has 0 saturated carbocycles. The molecule has 2 aromatic rings. The lowest BCUT2D eigenvalue weighted by atomic mass is 10.2. The van der Waals surface area contributed by atoms with E-state index in [0.717, 1.165) is 36.0 Å². The van der Waals surface area contributed by atoms with Crippen molar-refractivity contribution in [3.05, 3.63) is 59.3 Å². The molecule has 0 amide bonds. The molecular formula is C18H23N3S2. The molecule has 0 aliphatic rings. The third-order valence-electron chi connectivity index (χ3n) is 3.23. The second-order valence-corrected chi connectivity index (χ2v) is 6.95. The number of nitrogens with one attached hydrogen (secondary N) is 2. The van der Waals surface area contributed by atoms with Crippen LogP contribution in [0.4, 0.5) is 5.82 Å². The Kier molecular flexibility index (Phi) is 7.36. The number of thioether (sulfide) groups is 1. The van der Waals surface area contributed by atoms with Gasteiger partial charge in [-0.2, -0.15) is 11.8 Å². The largest absolute Gasteiger partial charge is 0.362 e. The molecule has 0 aliphatic carbocycles. The summed E-state index contributed by atoms with van der Waals surface area (Å²) in [4.78, 5) is 4.37. The molecule has 0 bridgehead atoms. The van der Waals surface area contributed by atoms with E-state index in [2.05, 4.69) is 46.8 Å². The van der Waals surface area contributed by atoms with Gasteiger partial charge in [-0.05, 0) is 55.9 Å². The third kappa shape index (κ3) is 7.01. The van der Waals surface area contributed by atoms with E-state index >= 15 is 0 Å². The number of anilines is 1. The molecule has 2 rings (SSSR count). The van der Waals surface area contributed by atoms with E-state index in [1.807, 2.05) is 36.9 Å². The molecule has 122 valence electrons. The lowest BCUT2D eigenvalue weighted by Gasteiger charge is -2.10. The van der Waals surface area contributed by atoms with Gasteiger partial charge < -0.3 is 10.6 Å². The molecule has 23 heavy (non-hydrogen) atoms. The SMILES string of the molecule is Cc1cccc(CSCCCNC(=S)Nc2cccc(C)n2)c1. The van der Waals surface area contributed by atoms with Gasteiger partial charge in [-0.15, -0.1) is 0 Å². The molecule has 0 fully saturated rings. The minimum absolute atomic E-state index is 0.631. The van der Waals surface area contributed by atoms with Crippen molar-refractivity contribution < 1.29 is 0 Å². The van der Waals surface area contributed by atoms with Crippen LogP contribution in [0.1, 0.15) is 23.2 Å². The van der Waals surface area contributed by atoms with Crippen molar-refractivity contribution in [2.24, 2.45) is 0 Å². The Labute approximate surface area is 148 Å². The number of aromatic nitrogens is 1. The van der Waals surface area contributed by atoms with Crippen molar-refractivity contribution in [2.45, 2.75) is 26.0 Å². The molecule has 0 saturated heterocycles. The second-order valence-electron chi connectivity index (χ2n) is 5.44. The summed E-state index contributed by atoms with van der Waals surface area (Å²) in [6.07, 6.45) is 1.08. The Bertz CT molecular complexity index is 644. The fraction of sp³-hybridized carbons (Fsp3) is 0.333. The monoisotopic (exact) mass is 345 g/mol. The van der Waals surface area contributed by atoms with Crippen LogP contribution in [0.25, 0.3) is 0 Å². The number of hydrogen-bond donors (Lipinski definition) is 2. The Morgan fingerprint density at radius 3 is 2.78 bits per heavy atom. The predicted molar refractivity (Wildman–Crippen MR) is 105 cm³/mol. The maximum atomic E-state index is 5.28. The summed E-state index contributed by atoms with van der Waals surface area (Å²) in [7, 11) is 0. The maximum absolute atomic E-state index is 5.28. The minimum Gasteiger partial charge on any atom is -0.362 e. The van der Waals surface area contributed by atoms with Gasteiger partial charge in [-0.1, -0.05) is 35.9 Å². The quantitative estimate of drug-likeness (QED) is 0.578. The van der Waals surface area contributed by atoms with E-state index < -0.39 is 0 Å². The highest BCUT2D eigenvalue weighted by Crippen LogP contribution is 2.14. The summed E-state index contributed by atoms with van der Waals surface area (Å²) in [6, 6.07) is 14.5. The van der Waals surface area contributed by atoms with Crippen LogP contribution in [-0.4, -0.2) is 22.4 Å². The number of hydrogen-bond acceptors (Lipinski definition) is 3. The molecule has 0 spiro atoms. The number of aryl methyl sites for hydroxylation is 2. The van der Waals surface area contributed by atoms with Crippen molar-refractivity contribution in [2.75, 3.05) is 17.6 Å². The fourth-order valence-corrected chi connectivity index (χ4v) is 3.26. The maximum Gasteiger partial charge on any atom is 0.171 e. The third-order valence-corrected chi connectivity index (χ3v) is 4.59. The van der Waals surface area contributed by atoms with Gasteiger partial charge in [0.25, 0.3) is 0 Å². The standard InChI is InChI=1S/C18H23N3S2/c1-14-6-3-8-16(12-14)13-23-11-5-10-19-18(22)21-17-9-4-7-15(2)20-17/h3-4,6-9,12H,5,10-11,13H2,1-2H3,(H2,19,20,21,22). The van der Waals surface area contributed by atoms with Crippen LogP contribution in [0.3, 0.4) is 0 Å². The average molecular weight is 346 g/mol. The van der Waals surface area contributed by atoms with Gasteiger partial charge in [0.15, 0.2) is 5.11 Å². The van der Waals surface area contributed by atoms with Crippen molar-refractivity contribution >= 4 is 34.9 Å². The zero-order valence-corrected chi connectivity index (χ0v) is 15.3. The van der Waals surface area contributed by atoms with Crippen LogP contribution in [0.15, 0.2) is 42.5 Å². The van der Waals surface area contributed by atoms with Crippen molar-refractivity contribution in [3.8, 4) is 0 Å². The van der Waals surface area contributed by atoms with Gasteiger partial charge in [0.05, 0.1) is 0 Å². The first-order valence-electron chi connectivity index (χ1n) is 7.75. The zero-order chi connectivity index (χ0) is 16.5. The molecule has 3 nitrogen and oxygen atoms in total. The summed E-state index contributed by atoms with van der Waals surface area (Å²) in [5.41, 5.74) is 3.70. The van der Waals surface area contributed by atoms with E-state index in [1.54, 1.807) is 0 Å². The second kappa shape index (κ2) is 9.53. The summed E-state index contributed by atoms with van der Waals surface area (Å²) in [6.45, 7) is 4.97. The van der Waals surface area contributed by atoms with Gasteiger partial charge in [0.1, 0.15) is 5.82 Å². The average Bonchev–Trinajstić information content (AvgIpc) is 2.51. The molecule has 2 N–H and O–H groups in total. The van der Waals surface area contributed by atoms with E-state index in [4.69, 9.17) is 12.2 Å². The van der Waals surface area contributed by atoms with E-state index in [9.17, 15) is 0 Å². The van der Waals surface area contributed by atoms with Crippen LogP contribution in [0, 0.1) is 13.8 Å². The summed E-state index contributed by atoms with van der Waals surface area (Å²) in [5.74, 6) is 2.97. The molecule has 0 atom stereocenters. The normalized spacial score (nSPS) is 10.3. The summed E-state index contributed by atoms with van der Waals surface area (Å²) >= 11 is 7.24.